The number of aromatic amines is 1. The standard InChI is InChI=1S/C12H8ClNSi/c13-15-11-7-3-5-9-8-4-1-2-6-10(8)14-12(9)11/h1-7,14H. The molecule has 0 unspecified atom stereocenters. The van der Waals surface area contributed by atoms with E-state index in [0.717, 1.165) is 0 Å². The van der Waals surface area contributed by atoms with E-state index in [1.807, 2.05) is 6.07 Å². The maximum atomic E-state index is 5.94. The number of fused-ring (bicyclic) bond motifs is 3. The Bertz CT molecular complexity index is 630. The van der Waals surface area contributed by atoms with Crippen LogP contribution in [0.15, 0.2) is 42.5 Å². The van der Waals surface area contributed by atoms with Gasteiger partial charge in [0.1, 0.15) is 0 Å². The molecule has 0 aliphatic heterocycles. The topological polar surface area (TPSA) is 15.8 Å². The Balaban J connectivity index is 2.53. The highest BCUT2D eigenvalue weighted by atomic mass is 35.6. The minimum atomic E-state index is 0.310. The van der Waals surface area contributed by atoms with Gasteiger partial charge in [0.15, 0.2) is 0 Å². The van der Waals surface area contributed by atoms with Gasteiger partial charge >= 0.3 is 0 Å². The third-order valence-electron chi connectivity index (χ3n) is 2.64. The summed E-state index contributed by atoms with van der Waals surface area (Å²) in [4.78, 5) is 3.42. The van der Waals surface area contributed by atoms with Gasteiger partial charge in [-0.25, -0.2) is 0 Å². The van der Waals surface area contributed by atoms with Crippen molar-refractivity contribution in [2.75, 3.05) is 0 Å². The number of benzene rings is 2. The molecule has 1 N–H and O–H groups in total. The molecule has 0 saturated carbocycles. The number of hydrogen-bond donors (Lipinski definition) is 1. The SMILES string of the molecule is Cl[Si]c1cccc2c1[nH]c1ccccc12. The summed E-state index contributed by atoms with van der Waals surface area (Å²) >= 11 is 5.94. The van der Waals surface area contributed by atoms with Crippen molar-refractivity contribution in [1.82, 2.24) is 4.98 Å². The molecule has 2 aromatic carbocycles. The van der Waals surface area contributed by atoms with E-state index in [1.165, 1.54) is 27.0 Å². The summed E-state index contributed by atoms with van der Waals surface area (Å²) in [5.41, 5.74) is 2.35. The second kappa shape index (κ2) is 3.40. The first-order chi connectivity index (χ1) is 7.40. The van der Waals surface area contributed by atoms with E-state index in [9.17, 15) is 0 Å². The summed E-state index contributed by atoms with van der Waals surface area (Å²) in [5.74, 6) is 0. The van der Waals surface area contributed by atoms with Crippen LogP contribution in [0.4, 0.5) is 0 Å². The zero-order valence-corrected chi connectivity index (χ0v) is 9.68. The van der Waals surface area contributed by atoms with Crippen LogP contribution in [0.25, 0.3) is 21.8 Å². The summed E-state index contributed by atoms with van der Waals surface area (Å²) < 4.78 is 0. The number of halogens is 1. The van der Waals surface area contributed by atoms with E-state index >= 15 is 0 Å². The molecular formula is C12H8ClNSi. The lowest BCUT2D eigenvalue weighted by atomic mass is 10.1. The van der Waals surface area contributed by atoms with E-state index in [0.29, 0.717) is 8.83 Å². The van der Waals surface area contributed by atoms with Crippen LogP contribution in [-0.4, -0.2) is 13.8 Å². The normalized spacial score (nSPS) is 11.3. The van der Waals surface area contributed by atoms with Gasteiger partial charge in [-0.2, -0.15) is 11.1 Å². The number of H-pyrrole nitrogens is 1. The molecule has 3 heteroatoms. The highest BCUT2D eigenvalue weighted by Crippen LogP contribution is 2.23. The van der Waals surface area contributed by atoms with Gasteiger partial charge in [-0.15, -0.1) is 0 Å². The zero-order chi connectivity index (χ0) is 10.3. The molecule has 3 rings (SSSR count). The predicted octanol–water partition coefficient (Wildman–Crippen LogP) is 2.80. The Morgan fingerprint density at radius 1 is 0.933 bits per heavy atom. The van der Waals surface area contributed by atoms with Gasteiger partial charge in [0, 0.05) is 21.8 Å². The molecule has 0 atom stereocenters. The van der Waals surface area contributed by atoms with Gasteiger partial charge in [0.2, 0.25) is 8.83 Å². The van der Waals surface area contributed by atoms with Crippen molar-refractivity contribution in [1.29, 1.82) is 0 Å². The second-order valence-electron chi connectivity index (χ2n) is 3.49. The van der Waals surface area contributed by atoms with E-state index in [1.54, 1.807) is 0 Å². The van der Waals surface area contributed by atoms with E-state index in [2.05, 4.69) is 41.4 Å². The lowest BCUT2D eigenvalue weighted by molar-refractivity contribution is 1.56. The Labute approximate surface area is 94.6 Å². The van der Waals surface area contributed by atoms with Crippen LogP contribution in [0.3, 0.4) is 0 Å². The molecule has 0 fully saturated rings. The lowest BCUT2D eigenvalue weighted by Crippen LogP contribution is -2.09. The molecule has 15 heavy (non-hydrogen) atoms. The van der Waals surface area contributed by atoms with Crippen molar-refractivity contribution in [3.8, 4) is 0 Å². The molecule has 3 aromatic rings. The molecule has 0 bridgehead atoms. The Kier molecular flexibility index (Phi) is 2.04. The molecule has 2 radical (unpaired) electrons. The molecule has 0 aliphatic carbocycles. The van der Waals surface area contributed by atoms with Crippen molar-refractivity contribution in [2.24, 2.45) is 0 Å². The predicted molar refractivity (Wildman–Crippen MR) is 67.0 cm³/mol. The van der Waals surface area contributed by atoms with E-state index in [4.69, 9.17) is 11.1 Å². The average molecular weight is 230 g/mol. The third kappa shape index (κ3) is 1.29. The molecule has 1 aromatic heterocycles. The molecular weight excluding hydrogens is 222 g/mol. The second-order valence-corrected chi connectivity index (χ2v) is 4.79. The fourth-order valence-corrected chi connectivity index (χ4v) is 2.88. The van der Waals surface area contributed by atoms with Crippen LogP contribution in [0, 0.1) is 0 Å². The summed E-state index contributed by atoms with van der Waals surface area (Å²) in [6.07, 6.45) is 0. The van der Waals surface area contributed by atoms with Gasteiger partial charge in [-0.3, -0.25) is 0 Å². The smallest absolute Gasteiger partial charge is 0.212 e. The fraction of sp³-hybridized carbons (Fsp3) is 0. The van der Waals surface area contributed by atoms with Gasteiger partial charge in [0.05, 0.1) is 0 Å². The Morgan fingerprint density at radius 3 is 2.60 bits per heavy atom. The van der Waals surface area contributed by atoms with Crippen molar-refractivity contribution >= 4 is 46.9 Å². The van der Waals surface area contributed by atoms with Crippen LogP contribution in [0.1, 0.15) is 0 Å². The average Bonchev–Trinajstić information content (AvgIpc) is 2.67. The Morgan fingerprint density at radius 2 is 1.73 bits per heavy atom. The van der Waals surface area contributed by atoms with Crippen molar-refractivity contribution in [3.63, 3.8) is 0 Å². The van der Waals surface area contributed by atoms with E-state index in [-0.39, 0.29) is 0 Å². The summed E-state index contributed by atoms with van der Waals surface area (Å²) in [6.45, 7) is 0. The van der Waals surface area contributed by atoms with Gasteiger partial charge < -0.3 is 4.98 Å². The van der Waals surface area contributed by atoms with Gasteiger partial charge in [-0.1, -0.05) is 36.4 Å². The van der Waals surface area contributed by atoms with Crippen LogP contribution in [0.5, 0.6) is 0 Å². The quantitative estimate of drug-likeness (QED) is 0.488. The highest BCUT2D eigenvalue weighted by Gasteiger charge is 2.06. The first-order valence-corrected chi connectivity index (χ1v) is 6.77. The monoisotopic (exact) mass is 229 g/mol. The number of para-hydroxylation sites is 2. The third-order valence-corrected chi connectivity index (χ3v) is 3.87. The molecule has 1 heterocycles. The largest absolute Gasteiger partial charge is 0.355 e. The highest BCUT2D eigenvalue weighted by molar-refractivity contribution is 7.02. The number of aromatic nitrogens is 1. The maximum Gasteiger partial charge on any atom is 0.212 e. The van der Waals surface area contributed by atoms with E-state index < -0.39 is 0 Å². The van der Waals surface area contributed by atoms with Crippen LogP contribution < -0.4 is 5.19 Å². The summed E-state index contributed by atoms with van der Waals surface area (Å²) in [5, 5.41) is 3.71. The Hall–Kier alpha value is -1.25. The van der Waals surface area contributed by atoms with Crippen LogP contribution >= 0.6 is 11.1 Å². The maximum absolute atomic E-state index is 5.94. The van der Waals surface area contributed by atoms with Gasteiger partial charge in [-0.05, 0) is 11.3 Å². The molecule has 0 spiro atoms. The van der Waals surface area contributed by atoms with Crippen LogP contribution in [-0.2, 0) is 0 Å². The molecule has 0 aliphatic rings. The number of nitrogens with one attached hydrogen (secondary N) is 1. The minimum absolute atomic E-state index is 0.310. The number of hydrogen-bond acceptors (Lipinski definition) is 0. The summed E-state index contributed by atoms with van der Waals surface area (Å²) in [6, 6.07) is 14.6. The summed E-state index contributed by atoms with van der Waals surface area (Å²) in [7, 11) is 0.310. The molecule has 0 amide bonds. The minimum Gasteiger partial charge on any atom is -0.355 e. The fourth-order valence-electron chi connectivity index (χ4n) is 1.95. The van der Waals surface area contributed by atoms with Crippen molar-refractivity contribution < 1.29 is 0 Å². The van der Waals surface area contributed by atoms with Crippen molar-refractivity contribution in [3.05, 3.63) is 42.5 Å². The molecule has 72 valence electrons. The first kappa shape index (κ1) is 9.01. The van der Waals surface area contributed by atoms with Crippen molar-refractivity contribution in [2.45, 2.75) is 0 Å². The van der Waals surface area contributed by atoms with Crippen LogP contribution in [0.2, 0.25) is 0 Å². The van der Waals surface area contributed by atoms with Gasteiger partial charge in [0.25, 0.3) is 0 Å². The molecule has 0 saturated heterocycles. The first-order valence-electron chi connectivity index (χ1n) is 4.76. The lowest BCUT2D eigenvalue weighted by Gasteiger charge is -1.95. The zero-order valence-electron chi connectivity index (χ0n) is 7.92. The number of rotatable bonds is 1. The molecule has 1 nitrogen and oxygen atoms in total.